The summed E-state index contributed by atoms with van der Waals surface area (Å²) in [6, 6.07) is 2.76. The van der Waals surface area contributed by atoms with Crippen molar-refractivity contribution in [3.05, 3.63) is 34.3 Å². The fraction of sp³-hybridized carbons (Fsp3) is 0.125. The molecule has 1 amide bonds. The molecule has 0 fully saturated rings. The van der Waals surface area contributed by atoms with Crippen molar-refractivity contribution in [2.45, 2.75) is 6.18 Å². The standard InChI is InChI=1S/C8H5ClF3NO.ClH/c9-6-2-1-4(7(13)14)3-5(6)8(10,11)12;/h1-3H,(H2,13,14);1H. The Kier molecular flexibility index (Phi) is 4.42. The molecule has 1 aromatic carbocycles. The van der Waals surface area contributed by atoms with Crippen LogP contribution < -0.4 is 5.73 Å². The Morgan fingerprint density at radius 1 is 1.33 bits per heavy atom. The van der Waals surface area contributed by atoms with Gasteiger partial charge in [0.15, 0.2) is 0 Å². The molecule has 0 unspecified atom stereocenters. The third-order valence-electron chi connectivity index (χ3n) is 1.56. The van der Waals surface area contributed by atoms with Crippen LogP contribution in [0.1, 0.15) is 15.9 Å². The first kappa shape index (κ1) is 14.1. The zero-order valence-corrected chi connectivity index (χ0v) is 8.71. The van der Waals surface area contributed by atoms with Crippen LogP contribution in [0.5, 0.6) is 0 Å². The van der Waals surface area contributed by atoms with Gasteiger partial charge in [-0.3, -0.25) is 4.79 Å². The van der Waals surface area contributed by atoms with Gasteiger partial charge in [-0.2, -0.15) is 13.2 Å². The Balaban J connectivity index is 0.00000196. The van der Waals surface area contributed by atoms with Gasteiger partial charge in [-0.05, 0) is 18.2 Å². The second-order valence-corrected chi connectivity index (χ2v) is 2.96. The molecule has 2 N–H and O–H groups in total. The van der Waals surface area contributed by atoms with Crippen molar-refractivity contribution in [2.24, 2.45) is 5.73 Å². The van der Waals surface area contributed by atoms with Crippen LogP contribution in [0.15, 0.2) is 18.2 Å². The minimum Gasteiger partial charge on any atom is -0.366 e. The fourth-order valence-corrected chi connectivity index (χ4v) is 1.12. The van der Waals surface area contributed by atoms with Gasteiger partial charge in [0.2, 0.25) is 5.91 Å². The fourth-order valence-electron chi connectivity index (χ4n) is 0.896. The van der Waals surface area contributed by atoms with Crippen molar-refractivity contribution in [2.75, 3.05) is 0 Å². The Hall–Kier alpha value is -0.940. The highest BCUT2D eigenvalue weighted by Crippen LogP contribution is 2.34. The molecular formula is C8H6Cl2F3NO. The van der Waals surface area contributed by atoms with Crippen molar-refractivity contribution in [3.8, 4) is 0 Å². The van der Waals surface area contributed by atoms with Crippen LogP contribution in [0, 0.1) is 0 Å². The number of primary amides is 1. The molecule has 0 aliphatic carbocycles. The summed E-state index contributed by atoms with van der Waals surface area (Å²) in [6.07, 6.45) is -4.58. The Bertz CT molecular complexity index is 379. The molecule has 0 aliphatic rings. The van der Waals surface area contributed by atoms with Gasteiger partial charge in [0, 0.05) is 5.56 Å². The first-order valence-corrected chi connectivity index (χ1v) is 3.86. The van der Waals surface area contributed by atoms with E-state index in [0.717, 1.165) is 12.1 Å². The average molecular weight is 260 g/mol. The van der Waals surface area contributed by atoms with E-state index in [4.69, 9.17) is 17.3 Å². The predicted octanol–water partition coefficient (Wildman–Crippen LogP) is 2.88. The number of hydrogen-bond donors (Lipinski definition) is 1. The zero-order valence-electron chi connectivity index (χ0n) is 7.14. The highest BCUT2D eigenvalue weighted by atomic mass is 35.5. The van der Waals surface area contributed by atoms with Crippen LogP contribution in [0.2, 0.25) is 5.02 Å². The number of carbonyl (C=O) groups excluding carboxylic acids is 1. The predicted molar refractivity (Wildman–Crippen MR) is 52.2 cm³/mol. The highest BCUT2D eigenvalue weighted by Gasteiger charge is 2.33. The van der Waals surface area contributed by atoms with Crippen LogP contribution in [0.4, 0.5) is 13.2 Å². The summed E-state index contributed by atoms with van der Waals surface area (Å²) < 4.78 is 36.8. The quantitative estimate of drug-likeness (QED) is 0.828. The second-order valence-electron chi connectivity index (χ2n) is 2.56. The number of halogens is 5. The summed E-state index contributed by atoms with van der Waals surface area (Å²) >= 11 is 5.31. The van der Waals surface area contributed by atoms with Crippen molar-refractivity contribution in [1.29, 1.82) is 0 Å². The largest absolute Gasteiger partial charge is 0.417 e. The van der Waals surface area contributed by atoms with Crippen LogP contribution >= 0.6 is 24.0 Å². The molecule has 84 valence electrons. The monoisotopic (exact) mass is 259 g/mol. The smallest absolute Gasteiger partial charge is 0.366 e. The van der Waals surface area contributed by atoms with Crippen molar-refractivity contribution < 1.29 is 18.0 Å². The number of rotatable bonds is 1. The van der Waals surface area contributed by atoms with E-state index in [2.05, 4.69) is 0 Å². The molecule has 0 aliphatic heterocycles. The van der Waals surface area contributed by atoms with Gasteiger partial charge >= 0.3 is 6.18 Å². The van der Waals surface area contributed by atoms with E-state index in [1.54, 1.807) is 0 Å². The molecule has 0 saturated carbocycles. The van der Waals surface area contributed by atoms with E-state index < -0.39 is 22.7 Å². The molecule has 0 heterocycles. The van der Waals surface area contributed by atoms with E-state index in [1.165, 1.54) is 0 Å². The minimum absolute atomic E-state index is 0. The topological polar surface area (TPSA) is 43.1 Å². The average Bonchev–Trinajstić information content (AvgIpc) is 2.02. The lowest BCUT2D eigenvalue weighted by Crippen LogP contribution is -2.13. The number of carbonyl (C=O) groups is 1. The maximum Gasteiger partial charge on any atom is 0.417 e. The van der Waals surface area contributed by atoms with Gasteiger partial charge in [0.05, 0.1) is 10.6 Å². The van der Waals surface area contributed by atoms with Gasteiger partial charge in [-0.25, -0.2) is 0 Å². The van der Waals surface area contributed by atoms with Crippen molar-refractivity contribution in [3.63, 3.8) is 0 Å². The summed E-state index contributed by atoms with van der Waals surface area (Å²) in [5, 5.41) is -0.456. The van der Waals surface area contributed by atoms with E-state index in [9.17, 15) is 18.0 Å². The van der Waals surface area contributed by atoms with Crippen molar-refractivity contribution in [1.82, 2.24) is 0 Å². The van der Waals surface area contributed by atoms with E-state index in [0.29, 0.717) is 6.07 Å². The van der Waals surface area contributed by atoms with Gasteiger partial charge in [-0.15, -0.1) is 12.4 Å². The van der Waals surface area contributed by atoms with Crippen LogP contribution in [0.25, 0.3) is 0 Å². The van der Waals surface area contributed by atoms with Crippen LogP contribution in [-0.4, -0.2) is 5.91 Å². The normalized spacial score (nSPS) is 10.7. The summed E-state index contributed by atoms with van der Waals surface area (Å²) in [5.41, 5.74) is 3.55. The summed E-state index contributed by atoms with van der Waals surface area (Å²) in [7, 11) is 0. The number of amides is 1. The molecule has 1 aromatic rings. The minimum atomic E-state index is -4.58. The molecular weight excluding hydrogens is 254 g/mol. The first-order chi connectivity index (χ1) is 6.32. The molecule has 0 spiro atoms. The molecule has 0 saturated heterocycles. The summed E-state index contributed by atoms with van der Waals surface area (Å²) in [6.45, 7) is 0. The highest BCUT2D eigenvalue weighted by molar-refractivity contribution is 6.31. The van der Waals surface area contributed by atoms with Crippen LogP contribution in [0.3, 0.4) is 0 Å². The molecule has 0 aromatic heterocycles. The molecule has 2 nitrogen and oxygen atoms in total. The third-order valence-corrected chi connectivity index (χ3v) is 1.89. The third kappa shape index (κ3) is 3.28. The molecule has 7 heteroatoms. The Labute approximate surface area is 94.6 Å². The number of alkyl halides is 3. The second kappa shape index (κ2) is 4.72. The van der Waals surface area contributed by atoms with Crippen LogP contribution in [-0.2, 0) is 6.18 Å². The molecule has 15 heavy (non-hydrogen) atoms. The Morgan fingerprint density at radius 2 is 1.87 bits per heavy atom. The molecule has 0 bridgehead atoms. The summed E-state index contributed by atoms with van der Waals surface area (Å²) in [4.78, 5) is 10.6. The Morgan fingerprint density at radius 3 is 2.27 bits per heavy atom. The number of benzene rings is 1. The SMILES string of the molecule is Cl.NC(=O)c1ccc(Cl)c(C(F)(F)F)c1. The van der Waals surface area contributed by atoms with Gasteiger partial charge < -0.3 is 5.73 Å². The first-order valence-electron chi connectivity index (χ1n) is 3.49. The maximum atomic E-state index is 12.3. The molecule has 1 rings (SSSR count). The lowest BCUT2D eigenvalue weighted by atomic mass is 10.1. The zero-order chi connectivity index (χ0) is 10.9. The van der Waals surface area contributed by atoms with Crippen molar-refractivity contribution >= 4 is 29.9 Å². The summed E-state index contributed by atoms with van der Waals surface area (Å²) in [5.74, 6) is -0.924. The van der Waals surface area contributed by atoms with Gasteiger partial charge in [0.25, 0.3) is 0 Å². The van der Waals surface area contributed by atoms with E-state index >= 15 is 0 Å². The van der Waals surface area contributed by atoms with E-state index in [-0.39, 0.29) is 18.0 Å². The van der Waals surface area contributed by atoms with E-state index in [1.807, 2.05) is 0 Å². The van der Waals surface area contributed by atoms with Gasteiger partial charge in [-0.1, -0.05) is 11.6 Å². The van der Waals surface area contributed by atoms with Gasteiger partial charge in [0.1, 0.15) is 0 Å². The number of hydrogen-bond acceptors (Lipinski definition) is 1. The lowest BCUT2D eigenvalue weighted by Gasteiger charge is -2.09. The lowest BCUT2D eigenvalue weighted by molar-refractivity contribution is -0.137. The maximum absolute atomic E-state index is 12.3. The number of nitrogens with two attached hydrogens (primary N) is 1. The molecule has 0 atom stereocenters. The molecule has 0 radical (unpaired) electrons.